The Morgan fingerprint density at radius 1 is 1.05 bits per heavy atom. The zero-order valence-corrected chi connectivity index (χ0v) is 13.1. The van der Waals surface area contributed by atoms with E-state index in [2.05, 4.69) is 66.4 Å². The summed E-state index contributed by atoms with van der Waals surface area (Å²) in [5.41, 5.74) is 7.34. The number of hydrogen-bond acceptors (Lipinski definition) is 1. The van der Waals surface area contributed by atoms with Crippen molar-refractivity contribution in [2.24, 2.45) is 7.05 Å². The Bertz CT molecular complexity index is 989. The Balaban J connectivity index is 1.73. The van der Waals surface area contributed by atoms with E-state index < -0.39 is 0 Å². The second kappa shape index (κ2) is 4.73. The molecule has 0 amide bonds. The quantitative estimate of drug-likeness (QED) is 0.587. The van der Waals surface area contributed by atoms with E-state index in [0.29, 0.717) is 0 Å². The summed E-state index contributed by atoms with van der Waals surface area (Å²) in [5.74, 6) is 0. The molecular formula is C19H19N3. The largest absolute Gasteiger partial charge is 0.358 e. The molecule has 2 aromatic heterocycles. The van der Waals surface area contributed by atoms with Gasteiger partial charge in [0.05, 0.1) is 11.2 Å². The lowest BCUT2D eigenvalue weighted by atomic mass is 10.1. The van der Waals surface area contributed by atoms with Crippen LogP contribution in [0.1, 0.15) is 22.5 Å². The summed E-state index contributed by atoms with van der Waals surface area (Å²) in [6.45, 7) is 4.18. The van der Waals surface area contributed by atoms with Crippen LogP contribution >= 0.6 is 0 Å². The highest BCUT2D eigenvalue weighted by Crippen LogP contribution is 2.22. The van der Waals surface area contributed by atoms with Crippen LogP contribution in [0.25, 0.3) is 21.8 Å². The first-order valence-corrected chi connectivity index (χ1v) is 7.60. The summed E-state index contributed by atoms with van der Waals surface area (Å²) in [4.78, 5) is 3.53. The number of benzene rings is 2. The van der Waals surface area contributed by atoms with Crippen molar-refractivity contribution in [2.75, 3.05) is 0 Å². The molecule has 0 radical (unpaired) electrons. The van der Waals surface area contributed by atoms with Crippen molar-refractivity contribution in [3.05, 3.63) is 65.0 Å². The van der Waals surface area contributed by atoms with Gasteiger partial charge in [0.1, 0.15) is 0 Å². The normalized spacial score (nSPS) is 11.6. The molecule has 110 valence electrons. The molecule has 4 aromatic rings. The van der Waals surface area contributed by atoms with Crippen LogP contribution in [0.2, 0.25) is 0 Å². The highest BCUT2D eigenvalue weighted by molar-refractivity contribution is 5.83. The van der Waals surface area contributed by atoms with Crippen molar-refractivity contribution in [1.29, 1.82) is 0 Å². The minimum absolute atomic E-state index is 0.911. The Morgan fingerprint density at radius 2 is 1.91 bits per heavy atom. The summed E-state index contributed by atoms with van der Waals surface area (Å²) < 4.78 is 1.96. The maximum Gasteiger partial charge on any atom is 0.0684 e. The van der Waals surface area contributed by atoms with E-state index in [0.717, 1.165) is 12.1 Å². The molecule has 0 spiro atoms. The van der Waals surface area contributed by atoms with Crippen molar-refractivity contribution in [1.82, 2.24) is 14.8 Å². The molecule has 0 unspecified atom stereocenters. The second-order valence-electron chi connectivity index (χ2n) is 6.12. The molecule has 3 heteroatoms. The maximum atomic E-state index is 4.49. The number of hydrogen-bond donors (Lipinski definition) is 1. The van der Waals surface area contributed by atoms with E-state index in [4.69, 9.17) is 0 Å². The number of H-pyrrole nitrogens is 1. The van der Waals surface area contributed by atoms with Gasteiger partial charge in [0.2, 0.25) is 0 Å². The predicted octanol–water partition coefficient (Wildman–Crippen LogP) is 4.26. The van der Waals surface area contributed by atoms with Gasteiger partial charge in [-0.15, -0.1) is 0 Å². The third kappa shape index (κ3) is 2.10. The van der Waals surface area contributed by atoms with Gasteiger partial charge in [-0.1, -0.05) is 24.3 Å². The van der Waals surface area contributed by atoms with Gasteiger partial charge in [0.15, 0.2) is 0 Å². The molecule has 0 saturated heterocycles. The summed E-state index contributed by atoms with van der Waals surface area (Å²) >= 11 is 0. The molecule has 0 aliphatic heterocycles. The maximum absolute atomic E-state index is 4.49. The van der Waals surface area contributed by atoms with Crippen LogP contribution in [-0.4, -0.2) is 14.8 Å². The van der Waals surface area contributed by atoms with Crippen LogP contribution in [0.15, 0.2) is 42.5 Å². The fourth-order valence-electron chi connectivity index (χ4n) is 3.21. The van der Waals surface area contributed by atoms with Crippen molar-refractivity contribution >= 4 is 21.8 Å². The molecule has 2 aromatic carbocycles. The highest BCUT2D eigenvalue weighted by atomic mass is 15.3. The third-order valence-corrected chi connectivity index (χ3v) is 4.33. The summed E-state index contributed by atoms with van der Waals surface area (Å²) in [7, 11) is 2.00. The zero-order chi connectivity index (χ0) is 15.3. The molecule has 4 rings (SSSR count). The van der Waals surface area contributed by atoms with Crippen molar-refractivity contribution in [2.45, 2.75) is 20.3 Å². The monoisotopic (exact) mass is 289 g/mol. The van der Waals surface area contributed by atoms with Gasteiger partial charge in [-0.3, -0.25) is 4.68 Å². The molecule has 0 atom stereocenters. The van der Waals surface area contributed by atoms with Gasteiger partial charge in [0, 0.05) is 30.1 Å². The number of fused-ring (bicyclic) bond motifs is 2. The third-order valence-electron chi connectivity index (χ3n) is 4.33. The van der Waals surface area contributed by atoms with Gasteiger partial charge >= 0.3 is 0 Å². The standard InChI is InChI=1S/C19H19N3/c1-12-4-6-15-11-16(20-18(15)8-12)9-14-5-7-17-13(2)21-22(3)19(17)10-14/h4-8,10-11,20H,9H2,1-3H3. The molecule has 0 bridgehead atoms. The fraction of sp³-hybridized carbons (Fsp3) is 0.211. The van der Waals surface area contributed by atoms with Crippen LogP contribution in [0.3, 0.4) is 0 Å². The Kier molecular flexibility index (Phi) is 2.83. The molecule has 2 heterocycles. The molecular weight excluding hydrogens is 270 g/mol. The molecule has 0 saturated carbocycles. The van der Waals surface area contributed by atoms with Gasteiger partial charge in [-0.2, -0.15) is 5.10 Å². The second-order valence-corrected chi connectivity index (χ2v) is 6.12. The first-order valence-electron chi connectivity index (χ1n) is 7.60. The lowest BCUT2D eigenvalue weighted by Gasteiger charge is -2.01. The van der Waals surface area contributed by atoms with E-state index in [1.165, 1.54) is 38.6 Å². The number of aryl methyl sites for hydroxylation is 3. The fourth-order valence-corrected chi connectivity index (χ4v) is 3.21. The number of nitrogens with one attached hydrogen (secondary N) is 1. The summed E-state index contributed by atoms with van der Waals surface area (Å²) in [5, 5.41) is 7.00. The van der Waals surface area contributed by atoms with Crippen LogP contribution < -0.4 is 0 Å². The van der Waals surface area contributed by atoms with E-state index in [-0.39, 0.29) is 0 Å². The van der Waals surface area contributed by atoms with Gasteiger partial charge in [-0.25, -0.2) is 0 Å². The molecule has 3 nitrogen and oxygen atoms in total. The lowest BCUT2D eigenvalue weighted by Crippen LogP contribution is -1.92. The highest BCUT2D eigenvalue weighted by Gasteiger charge is 2.07. The first-order chi connectivity index (χ1) is 10.6. The first kappa shape index (κ1) is 13.1. The Labute approximate surface area is 129 Å². The van der Waals surface area contributed by atoms with Gasteiger partial charge in [-0.05, 0) is 48.6 Å². The predicted molar refractivity (Wildman–Crippen MR) is 91.3 cm³/mol. The molecule has 22 heavy (non-hydrogen) atoms. The number of nitrogens with zero attached hydrogens (tertiary/aromatic N) is 2. The minimum atomic E-state index is 0.911. The zero-order valence-electron chi connectivity index (χ0n) is 13.1. The average molecular weight is 289 g/mol. The van der Waals surface area contributed by atoms with E-state index in [9.17, 15) is 0 Å². The summed E-state index contributed by atoms with van der Waals surface area (Å²) in [6, 6.07) is 15.4. The lowest BCUT2D eigenvalue weighted by molar-refractivity contribution is 0.783. The molecule has 0 fully saturated rings. The summed E-state index contributed by atoms with van der Waals surface area (Å²) in [6.07, 6.45) is 0.911. The Morgan fingerprint density at radius 3 is 2.77 bits per heavy atom. The number of aromatic nitrogens is 3. The van der Waals surface area contributed by atoms with Crippen molar-refractivity contribution in [3.63, 3.8) is 0 Å². The van der Waals surface area contributed by atoms with E-state index >= 15 is 0 Å². The van der Waals surface area contributed by atoms with Gasteiger partial charge in [0.25, 0.3) is 0 Å². The number of rotatable bonds is 2. The topological polar surface area (TPSA) is 33.6 Å². The average Bonchev–Trinajstić information content (AvgIpc) is 2.99. The van der Waals surface area contributed by atoms with Crippen LogP contribution in [0.4, 0.5) is 0 Å². The molecule has 0 aliphatic rings. The van der Waals surface area contributed by atoms with E-state index in [1.54, 1.807) is 0 Å². The van der Waals surface area contributed by atoms with Crippen molar-refractivity contribution < 1.29 is 0 Å². The van der Waals surface area contributed by atoms with Crippen LogP contribution in [0.5, 0.6) is 0 Å². The SMILES string of the molecule is Cc1ccc2cc(Cc3ccc4c(C)nn(C)c4c3)[nH]c2c1. The molecule has 1 N–H and O–H groups in total. The van der Waals surface area contributed by atoms with Crippen LogP contribution in [-0.2, 0) is 13.5 Å². The molecule has 0 aliphatic carbocycles. The Hall–Kier alpha value is -2.55. The van der Waals surface area contributed by atoms with E-state index in [1.807, 2.05) is 11.7 Å². The smallest absolute Gasteiger partial charge is 0.0684 e. The number of aromatic amines is 1. The minimum Gasteiger partial charge on any atom is -0.358 e. The van der Waals surface area contributed by atoms with Crippen LogP contribution in [0, 0.1) is 13.8 Å². The van der Waals surface area contributed by atoms with Gasteiger partial charge < -0.3 is 4.98 Å². The van der Waals surface area contributed by atoms with Crippen molar-refractivity contribution in [3.8, 4) is 0 Å².